The summed E-state index contributed by atoms with van der Waals surface area (Å²) in [6.07, 6.45) is 1.26. The van der Waals surface area contributed by atoms with Crippen LogP contribution in [0.1, 0.15) is 12.5 Å². The summed E-state index contributed by atoms with van der Waals surface area (Å²) in [6.45, 7) is 2.57. The van der Waals surface area contributed by atoms with E-state index in [0.29, 0.717) is 6.54 Å². The average Bonchev–Trinajstić information content (AvgIpc) is 2.24. The van der Waals surface area contributed by atoms with Crippen LogP contribution < -0.4 is 10.2 Å². The van der Waals surface area contributed by atoms with Crippen molar-refractivity contribution in [1.29, 1.82) is 0 Å². The third kappa shape index (κ3) is 5.51. The predicted molar refractivity (Wildman–Crippen MR) is 76.8 cm³/mol. The number of hydrogen-bond acceptors (Lipinski definition) is 4. The molecular formula is C13H22N2O2S. The number of nitrogens with zero attached hydrogens (tertiary/aromatic N) is 1. The van der Waals surface area contributed by atoms with Gasteiger partial charge in [-0.3, -0.25) is 0 Å². The molecular weight excluding hydrogens is 248 g/mol. The molecule has 0 amide bonds. The number of rotatable bonds is 6. The van der Waals surface area contributed by atoms with Crippen LogP contribution in [0.4, 0.5) is 5.69 Å². The summed E-state index contributed by atoms with van der Waals surface area (Å²) in [5, 5.41) is 3.21. The lowest BCUT2D eigenvalue weighted by atomic mass is 10.2. The van der Waals surface area contributed by atoms with Crippen molar-refractivity contribution in [3.63, 3.8) is 0 Å². The summed E-state index contributed by atoms with van der Waals surface area (Å²) in [7, 11) is 1.09. The molecule has 4 nitrogen and oxygen atoms in total. The van der Waals surface area contributed by atoms with Gasteiger partial charge in [-0.05, 0) is 24.6 Å². The second-order valence-electron chi connectivity index (χ2n) is 4.94. The molecule has 0 heterocycles. The van der Waals surface area contributed by atoms with Gasteiger partial charge in [-0.2, -0.15) is 0 Å². The van der Waals surface area contributed by atoms with Crippen molar-refractivity contribution in [1.82, 2.24) is 5.32 Å². The second-order valence-corrected chi connectivity index (χ2v) is 7.12. The van der Waals surface area contributed by atoms with Crippen molar-refractivity contribution >= 4 is 15.5 Å². The summed E-state index contributed by atoms with van der Waals surface area (Å²) in [5.74, 6) is 0.169. The average molecular weight is 270 g/mol. The van der Waals surface area contributed by atoms with Gasteiger partial charge in [0.15, 0.2) is 0 Å². The van der Waals surface area contributed by atoms with Crippen molar-refractivity contribution in [2.75, 3.05) is 31.0 Å². The Hall–Kier alpha value is -1.07. The van der Waals surface area contributed by atoms with E-state index in [-0.39, 0.29) is 11.8 Å². The highest BCUT2D eigenvalue weighted by Crippen LogP contribution is 2.12. The first-order valence-electron chi connectivity index (χ1n) is 5.95. The van der Waals surface area contributed by atoms with Gasteiger partial charge in [0, 0.05) is 38.6 Å². The van der Waals surface area contributed by atoms with E-state index in [9.17, 15) is 8.42 Å². The molecule has 0 saturated heterocycles. The fraction of sp³-hybridized carbons (Fsp3) is 0.538. The third-order valence-electron chi connectivity index (χ3n) is 2.66. The molecule has 5 heteroatoms. The van der Waals surface area contributed by atoms with Gasteiger partial charge in [-0.25, -0.2) is 8.42 Å². The van der Waals surface area contributed by atoms with Crippen LogP contribution in [0.2, 0.25) is 0 Å². The highest BCUT2D eigenvalue weighted by atomic mass is 32.2. The van der Waals surface area contributed by atoms with Gasteiger partial charge in [0.05, 0.1) is 5.75 Å². The van der Waals surface area contributed by atoms with Crippen LogP contribution in [-0.4, -0.2) is 40.6 Å². The zero-order valence-electron chi connectivity index (χ0n) is 11.5. The zero-order chi connectivity index (χ0) is 13.8. The minimum absolute atomic E-state index is 0.0338. The maximum Gasteiger partial charge on any atom is 0.148 e. The topological polar surface area (TPSA) is 49.4 Å². The summed E-state index contributed by atoms with van der Waals surface area (Å²) in [4.78, 5) is 2.05. The molecule has 0 radical (unpaired) electrons. The zero-order valence-corrected chi connectivity index (χ0v) is 12.3. The minimum atomic E-state index is -2.91. The standard InChI is InChI=1S/C13H22N2O2S/c1-11(10-18(4,16)17)14-9-12-5-7-13(8-6-12)15(2)3/h5-8,11,14H,9-10H2,1-4H3. The van der Waals surface area contributed by atoms with E-state index >= 15 is 0 Å². The van der Waals surface area contributed by atoms with Crippen molar-refractivity contribution in [3.05, 3.63) is 29.8 Å². The van der Waals surface area contributed by atoms with Gasteiger partial charge in [-0.1, -0.05) is 12.1 Å². The first-order chi connectivity index (χ1) is 8.28. The molecule has 0 spiro atoms. The molecule has 0 aliphatic heterocycles. The van der Waals surface area contributed by atoms with Crippen LogP contribution >= 0.6 is 0 Å². The molecule has 18 heavy (non-hydrogen) atoms. The van der Waals surface area contributed by atoms with Crippen LogP contribution in [0.5, 0.6) is 0 Å². The van der Waals surface area contributed by atoms with Gasteiger partial charge in [0.1, 0.15) is 9.84 Å². The largest absolute Gasteiger partial charge is 0.378 e. The summed E-state index contributed by atoms with van der Waals surface area (Å²) >= 11 is 0. The number of nitrogens with one attached hydrogen (secondary N) is 1. The number of benzene rings is 1. The Balaban J connectivity index is 2.49. The SMILES string of the molecule is CC(CS(C)(=O)=O)NCc1ccc(N(C)C)cc1. The molecule has 0 aliphatic rings. The Morgan fingerprint density at radius 2 is 1.78 bits per heavy atom. The predicted octanol–water partition coefficient (Wildman–Crippen LogP) is 1.28. The Labute approximate surface area is 110 Å². The summed E-state index contributed by atoms with van der Waals surface area (Å²) in [5.41, 5.74) is 2.31. The van der Waals surface area contributed by atoms with E-state index in [1.165, 1.54) is 6.26 Å². The molecule has 0 saturated carbocycles. The molecule has 0 aliphatic carbocycles. The monoisotopic (exact) mass is 270 g/mol. The molecule has 1 unspecified atom stereocenters. The van der Waals surface area contributed by atoms with Crippen molar-refractivity contribution in [2.24, 2.45) is 0 Å². The molecule has 0 aromatic heterocycles. The van der Waals surface area contributed by atoms with Gasteiger partial charge >= 0.3 is 0 Å². The van der Waals surface area contributed by atoms with Crippen LogP contribution in [0, 0.1) is 0 Å². The van der Waals surface area contributed by atoms with E-state index in [0.717, 1.165) is 11.3 Å². The van der Waals surface area contributed by atoms with Crippen LogP contribution in [0.3, 0.4) is 0 Å². The van der Waals surface area contributed by atoms with Crippen molar-refractivity contribution in [3.8, 4) is 0 Å². The Morgan fingerprint density at radius 1 is 1.22 bits per heavy atom. The van der Waals surface area contributed by atoms with Gasteiger partial charge in [0.2, 0.25) is 0 Å². The van der Waals surface area contributed by atoms with Crippen LogP contribution in [-0.2, 0) is 16.4 Å². The molecule has 102 valence electrons. The van der Waals surface area contributed by atoms with E-state index in [1.807, 2.05) is 25.9 Å². The second kappa shape index (κ2) is 6.20. The van der Waals surface area contributed by atoms with Gasteiger partial charge in [0.25, 0.3) is 0 Å². The Kier molecular flexibility index (Phi) is 5.16. The fourth-order valence-corrected chi connectivity index (χ4v) is 2.74. The van der Waals surface area contributed by atoms with E-state index in [2.05, 4.69) is 29.6 Å². The first-order valence-corrected chi connectivity index (χ1v) is 8.01. The molecule has 1 rings (SSSR count). The molecule has 1 N–H and O–H groups in total. The summed E-state index contributed by atoms with van der Waals surface area (Å²) in [6, 6.07) is 8.18. The lowest BCUT2D eigenvalue weighted by molar-refractivity contribution is 0.560. The highest BCUT2D eigenvalue weighted by Gasteiger charge is 2.09. The van der Waals surface area contributed by atoms with Crippen LogP contribution in [0.15, 0.2) is 24.3 Å². The maximum absolute atomic E-state index is 11.1. The first kappa shape index (κ1) is 15.0. The molecule has 1 atom stereocenters. The van der Waals surface area contributed by atoms with Crippen molar-refractivity contribution < 1.29 is 8.42 Å². The van der Waals surface area contributed by atoms with E-state index < -0.39 is 9.84 Å². The maximum atomic E-state index is 11.1. The quantitative estimate of drug-likeness (QED) is 0.846. The van der Waals surface area contributed by atoms with Gasteiger partial charge < -0.3 is 10.2 Å². The fourth-order valence-electron chi connectivity index (χ4n) is 1.72. The van der Waals surface area contributed by atoms with Crippen molar-refractivity contribution in [2.45, 2.75) is 19.5 Å². The number of hydrogen-bond donors (Lipinski definition) is 1. The highest BCUT2D eigenvalue weighted by molar-refractivity contribution is 7.90. The van der Waals surface area contributed by atoms with E-state index in [1.54, 1.807) is 0 Å². The lowest BCUT2D eigenvalue weighted by Crippen LogP contribution is -2.32. The number of anilines is 1. The smallest absolute Gasteiger partial charge is 0.148 e. The Bertz CT molecular complexity index is 466. The van der Waals surface area contributed by atoms with Crippen LogP contribution in [0.25, 0.3) is 0 Å². The number of sulfone groups is 1. The molecule has 1 aromatic carbocycles. The molecule has 0 fully saturated rings. The normalized spacial score (nSPS) is 13.3. The van der Waals surface area contributed by atoms with E-state index in [4.69, 9.17) is 0 Å². The Morgan fingerprint density at radius 3 is 2.22 bits per heavy atom. The lowest BCUT2D eigenvalue weighted by Gasteiger charge is -2.15. The molecule has 0 bridgehead atoms. The molecule has 1 aromatic rings. The third-order valence-corrected chi connectivity index (χ3v) is 3.77. The summed E-state index contributed by atoms with van der Waals surface area (Å²) < 4.78 is 22.3. The van der Waals surface area contributed by atoms with Gasteiger partial charge in [-0.15, -0.1) is 0 Å². The minimum Gasteiger partial charge on any atom is -0.378 e.